The van der Waals surface area contributed by atoms with Crippen LogP contribution in [0.25, 0.3) is 0 Å². The number of methoxy groups -OCH3 is 2. The van der Waals surface area contributed by atoms with Crippen LogP contribution in [0.2, 0.25) is 0 Å². The zero-order chi connectivity index (χ0) is 15.4. The van der Waals surface area contributed by atoms with Crippen molar-refractivity contribution in [3.63, 3.8) is 0 Å². The van der Waals surface area contributed by atoms with E-state index in [1.165, 1.54) is 0 Å². The number of nitrogens with zero attached hydrogens (tertiary/aromatic N) is 1. The smallest absolute Gasteiger partial charge is 0.254 e. The van der Waals surface area contributed by atoms with Crippen molar-refractivity contribution in [1.29, 1.82) is 0 Å². The van der Waals surface area contributed by atoms with Crippen molar-refractivity contribution in [3.05, 3.63) is 52.3 Å². The van der Waals surface area contributed by atoms with Crippen molar-refractivity contribution in [3.8, 4) is 11.5 Å². The molecule has 7 heteroatoms. The van der Waals surface area contributed by atoms with Gasteiger partial charge in [0.1, 0.15) is 5.56 Å². The van der Waals surface area contributed by atoms with Crippen LogP contribution in [0, 0.1) is 0 Å². The van der Waals surface area contributed by atoms with E-state index in [-0.39, 0.29) is 12.4 Å². The lowest BCUT2D eigenvalue weighted by Gasteiger charge is -2.10. The summed E-state index contributed by atoms with van der Waals surface area (Å²) in [6.45, 7) is 0.571. The van der Waals surface area contributed by atoms with Crippen molar-refractivity contribution in [2.24, 2.45) is 5.73 Å². The van der Waals surface area contributed by atoms with Crippen molar-refractivity contribution in [1.82, 2.24) is 0 Å². The van der Waals surface area contributed by atoms with E-state index in [1.807, 2.05) is 22.9 Å². The first-order valence-corrected chi connectivity index (χ1v) is 7.03. The Kier molecular flexibility index (Phi) is 6.64. The van der Waals surface area contributed by atoms with E-state index in [0.29, 0.717) is 23.6 Å². The topological polar surface area (TPSA) is 65.4 Å². The molecule has 0 radical (unpaired) electrons. The van der Waals surface area contributed by atoms with Crippen molar-refractivity contribution >= 4 is 21.8 Å². The first-order chi connectivity index (χ1) is 10.0. The Hall–Kier alpha value is -1.79. The molecule has 0 aliphatic rings. The summed E-state index contributed by atoms with van der Waals surface area (Å²) in [7, 11) is 3.19. The SMILES string of the molecule is COc1cc(Br)c(C[n+]2cccc(C(N)=O)c2)cc1OC.[Cl-]. The summed E-state index contributed by atoms with van der Waals surface area (Å²) in [5.41, 5.74) is 6.76. The van der Waals surface area contributed by atoms with Gasteiger partial charge in [-0.3, -0.25) is 4.79 Å². The zero-order valence-electron chi connectivity index (χ0n) is 12.2. The predicted octanol–water partition coefficient (Wildman–Crippen LogP) is -1.09. The molecule has 2 N–H and O–H groups in total. The van der Waals surface area contributed by atoms with E-state index in [2.05, 4.69) is 15.9 Å². The highest BCUT2D eigenvalue weighted by Gasteiger charge is 2.14. The number of halogens is 2. The molecule has 118 valence electrons. The monoisotopic (exact) mass is 386 g/mol. The molecule has 0 spiro atoms. The number of rotatable bonds is 5. The molecule has 2 aromatic rings. The van der Waals surface area contributed by atoms with E-state index < -0.39 is 5.91 Å². The number of benzene rings is 1. The number of primary amides is 1. The van der Waals surface area contributed by atoms with E-state index in [1.54, 1.807) is 32.5 Å². The van der Waals surface area contributed by atoms with Crippen LogP contribution in [-0.2, 0) is 6.54 Å². The molecule has 5 nitrogen and oxygen atoms in total. The second-order valence-electron chi connectivity index (χ2n) is 4.43. The number of hydrogen-bond donors (Lipinski definition) is 1. The molecule has 2 rings (SSSR count). The summed E-state index contributed by atoms with van der Waals surface area (Å²) in [4.78, 5) is 11.2. The van der Waals surface area contributed by atoms with Gasteiger partial charge in [-0.1, -0.05) is 15.9 Å². The van der Waals surface area contributed by atoms with Crippen LogP contribution in [-0.4, -0.2) is 20.1 Å². The van der Waals surface area contributed by atoms with Gasteiger partial charge in [-0.05, 0) is 18.2 Å². The third-order valence-electron chi connectivity index (χ3n) is 3.05. The number of pyridine rings is 1. The lowest BCUT2D eigenvalue weighted by atomic mass is 10.2. The van der Waals surface area contributed by atoms with Gasteiger partial charge in [0, 0.05) is 16.1 Å². The number of amides is 1. The fraction of sp³-hybridized carbons (Fsp3) is 0.200. The fourth-order valence-corrected chi connectivity index (χ4v) is 2.43. The van der Waals surface area contributed by atoms with Crippen LogP contribution >= 0.6 is 15.9 Å². The maximum absolute atomic E-state index is 11.2. The van der Waals surface area contributed by atoms with Crippen LogP contribution < -0.4 is 32.2 Å². The van der Waals surface area contributed by atoms with Gasteiger partial charge in [-0.25, -0.2) is 0 Å². The van der Waals surface area contributed by atoms with E-state index in [4.69, 9.17) is 15.2 Å². The molecule has 0 saturated carbocycles. The summed E-state index contributed by atoms with van der Waals surface area (Å²) in [6, 6.07) is 7.22. The molecule has 1 amide bonds. The van der Waals surface area contributed by atoms with Crippen LogP contribution in [0.1, 0.15) is 15.9 Å². The second kappa shape index (κ2) is 8.00. The molecule has 0 atom stereocenters. The first-order valence-electron chi connectivity index (χ1n) is 6.24. The predicted molar refractivity (Wildman–Crippen MR) is 81.5 cm³/mol. The molecule has 0 bridgehead atoms. The molecule has 22 heavy (non-hydrogen) atoms. The highest BCUT2D eigenvalue weighted by molar-refractivity contribution is 9.10. The van der Waals surface area contributed by atoms with Crippen molar-refractivity contribution in [2.75, 3.05) is 14.2 Å². The third kappa shape index (κ3) is 4.11. The highest BCUT2D eigenvalue weighted by Crippen LogP contribution is 2.33. The Morgan fingerprint density at radius 2 is 1.91 bits per heavy atom. The number of hydrogen-bond acceptors (Lipinski definition) is 3. The average Bonchev–Trinajstić information content (AvgIpc) is 2.49. The molecule has 0 fully saturated rings. The fourth-order valence-electron chi connectivity index (χ4n) is 1.98. The zero-order valence-corrected chi connectivity index (χ0v) is 14.5. The van der Waals surface area contributed by atoms with Gasteiger partial charge in [0.2, 0.25) is 0 Å². The molecule has 0 aliphatic heterocycles. The minimum absolute atomic E-state index is 0. The summed E-state index contributed by atoms with van der Waals surface area (Å²) in [5, 5.41) is 0. The number of aromatic nitrogens is 1. The van der Waals surface area contributed by atoms with Gasteiger partial charge in [0.05, 0.1) is 14.2 Å². The minimum atomic E-state index is -0.448. The number of carbonyl (C=O) groups is 1. The van der Waals surface area contributed by atoms with Gasteiger partial charge in [-0.15, -0.1) is 0 Å². The largest absolute Gasteiger partial charge is 1.00 e. The standard InChI is InChI=1S/C15H15BrN2O3.ClH/c1-20-13-6-11(12(16)7-14(13)21-2)9-18-5-3-4-10(8-18)15(17)19;/h3-8H,9H2,1-2H3,(H-,17,19);1H. The Morgan fingerprint density at radius 3 is 2.50 bits per heavy atom. The molecular weight excluding hydrogens is 372 g/mol. The molecule has 0 aliphatic carbocycles. The molecule has 1 aromatic heterocycles. The summed E-state index contributed by atoms with van der Waals surface area (Å²) >= 11 is 3.52. The number of ether oxygens (including phenoxy) is 2. The summed E-state index contributed by atoms with van der Waals surface area (Å²) < 4.78 is 13.3. The van der Waals surface area contributed by atoms with E-state index in [0.717, 1.165) is 10.0 Å². The Bertz CT molecular complexity index is 680. The second-order valence-corrected chi connectivity index (χ2v) is 5.28. The average molecular weight is 388 g/mol. The molecule has 1 heterocycles. The lowest BCUT2D eigenvalue weighted by molar-refractivity contribution is -0.688. The van der Waals surface area contributed by atoms with Crippen LogP contribution in [0.3, 0.4) is 0 Å². The van der Waals surface area contributed by atoms with E-state index >= 15 is 0 Å². The van der Waals surface area contributed by atoms with Crippen LogP contribution in [0.4, 0.5) is 0 Å². The Morgan fingerprint density at radius 1 is 1.27 bits per heavy atom. The first kappa shape index (κ1) is 18.3. The Balaban J connectivity index is 0.00000242. The minimum Gasteiger partial charge on any atom is -1.00 e. The molecule has 0 saturated heterocycles. The van der Waals surface area contributed by atoms with Gasteiger partial charge < -0.3 is 27.6 Å². The quantitative estimate of drug-likeness (QED) is 0.663. The normalized spacial score (nSPS) is 9.77. The summed E-state index contributed by atoms with van der Waals surface area (Å²) in [6.07, 6.45) is 3.58. The van der Waals surface area contributed by atoms with Gasteiger partial charge in [0.25, 0.3) is 5.91 Å². The highest BCUT2D eigenvalue weighted by atomic mass is 79.9. The lowest BCUT2D eigenvalue weighted by Crippen LogP contribution is -3.00. The van der Waals surface area contributed by atoms with Crippen molar-refractivity contribution < 1.29 is 31.2 Å². The molecule has 1 aromatic carbocycles. The van der Waals surface area contributed by atoms with Crippen LogP contribution in [0.5, 0.6) is 11.5 Å². The third-order valence-corrected chi connectivity index (χ3v) is 3.79. The maximum atomic E-state index is 11.2. The van der Waals surface area contributed by atoms with Crippen LogP contribution in [0.15, 0.2) is 41.1 Å². The maximum Gasteiger partial charge on any atom is 0.254 e. The number of carbonyl (C=O) groups excluding carboxylic acids is 1. The molecular formula is C15H16BrClN2O3. The van der Waals surface area contributed by atoms with Gasteiger partial charge in [-0.2, -0.15) is 4.57 Å². The van der Waals surface area contributed by atoms with Gasteiger partial charge >= 0.3 is 0 Å². The van der Waals surface area contributed by atoms with E-state index in [9.17, 15) is 4.79 Å². The molecule has 0 unspecified atom stereocenters. The number of nitrogens with two attached hydrogens (primary N) is 1. The van der Waals surface area contributed by atoms with Crippen molar-refractivity contribution in [2.45, 2.75) is 6.54 Å². The summed E-state index contributed by atoms with van der Waals surface area (Å²) in [5.74, 6) is 0.863. The van der Waals surface area contributed by atoms with Gasteiger partial charge in [0.15, 0.2) is 30.4 Å². The Labute approximate surface area is 143 Å².